The molecule has 0 aliphatic heterocycles. The Morgan fingerprint density at radius 1 is 1.21 bits per heavy atom. The van der Waals surface area contributed by atoms with Crippen LogP contribution >= 0.6 is 19.5 Å². The first-order chi connectivity index (χ1) is 11.5. The number of hydrogen-bond acceptors (Lipinski definition) is 4. The Morgan fingerprint density at radius 2 is 1.92 bits per heavy atom. The first kappa shape index (κ1) is 19.0. The lowest BCUT2D eigenvalue weighted by Crippen LogP contribution is -2.16. The summed E-state index contributed by atoms with van der Waals surface area (Å²) in [6, 6.07) is 8.30. The minimum absolute atomic E-state index is 0.126. The third-order valence-electron chi connectivity index (χ3n) is 3.87. The smallest absolute Gasteiger partial charge is 0.343 e. The van der Waals surface area contributed by atoms with Gasteiger partial charge in [-0.1, -0.05) is 39.3 Å². The highest BCUT2D eigenvalue weighted by molar-refractivity contribution is 7.43. The fraction of sp³-hybridized carbons (Fsp3) is 0.474. The molecule has 3 nitrogen and oxygen atoms in total. The van der Waals surface area contributed by atoms with Crippen LogP contribution in [0.15, 0.2) is 29.6 Å². The molecular weight excluding hydrogens is 339 g/mol. The van der Waals surface area contributed by atoms with Crippen molar-refractivity contribution in [3.05, 3.63) is 45.1 Å². The number of unbranched alkanes of at least 4 members (excludes halogenated alkanes) is 1. The normalized spacial score (nSPS) is 11.7. The van der Waals surface area contributed by atoms with Gasteiger partial charge in [0.15, 0.2) is 0 Å². The molecule has 1 heterocycles. The van der Waals surface area contributed by atoms with E-state index in [1.165, 1.54) is 10.2 Å². The summed E-state index contributed by atoms with van der Waals surface area (Å²) in [5.41, 5.74) is 1.10. The van der Waals surface area contributed by atoms with Crippen LogP contribution in [0, 0.1) is 0 Å². The number of carbonyl (C=O) groups is 1. The molecule has 0 atom stereocenters. The number of ether oxygens (including phenoxy) is 2. The first-order valence-corrected chi connectivity index (χ1v) is 10.1. The number of carbonyl (C=O) groups excluding carboxylic acids is 1. The van der Waals surface area contributed by atoms with Crippen LogP contribution in [-0.2, 0) is 10.2 Å². The Morgan fingerprint density at radius 3 is 2.54 bits per heavy atom. The zero-order valence-electron chi connectivity index (χ0n) is 14.8. The van der Waals surface area contributed by atoms with Crippen molar-refractivity contribution in [1.29, 1.82) is 0 Å². The zero-order valence-corrected chi connectivity index (χ0v) is 16.5. The van der Waals surface area contributed by atoms with Gasteiger partial charge in [0.25, 0.3) is 0 Å². The number of esters is 1. The SMILES string of the molecule is CCCCOc1ccc(C(C)(C)c2pc(C(=O)OCC)cs2)cc1. The van der Waals surface area contributed by atoms with E-state index in [1.807, 2.05) is 24.4 Å². The summed E-state index contributed by atoms with van der Waals surface area (Å²) in [6.45, 7) is 9.54. The molecule has 0 unspecified atom stereocenters. The monoisotopic (exact) mass is 364 g/mol. The number of rotatable bonds is 8. The van der Waals surface area contributed by atoms with E-state index in [0.717, 1.165) is 38.7 Å². The molecule has 0 aliphatic rings. The van der Waals surface area contributed by atoms with Crippen molar-refractivity contribution in [2.75, 3.05) is 13.2 Å². The molecule has 0 saturated heterocycles. The molecule has 0 fully saturated rings. The average Bonchev–Trinajstić information content (AvgIpc) is 3.07. The van der Waals surface area contributed by atoms with Gasteiger partial charge in [0, 0.05) is 15.4 Å². The van der Waals surface area contributed by atoms with E-state index in [0.29, 0.717) is 6.61 Å². The fourth-order valence-corrected chi connectivity index (χ4v) is 4.83. The maximum atomic E-state index is 11.9. The Bertz CT molecular complexity index is 662. The van der Waals surface area contributed by atoms with Gasteiger partial charge < -0.3 is 9.47 Å². The molecule has 0 bridgehead atoms. The van der Waals surface area contributed by atoms with Gasteiger partial charge in [-0.15, -0.1) is 11.3 Å². The topological polar surface area (TPSA) is 35.5 Å². The highest BCUT2D eigenvalue weighted by atomic mass is 32.1. The van der Waals surface area contributed by atoms with E-state index in [-0.39, 0.29) is 11.4 Å². The van der Waals surface area contributed by atoms with Crippen molar-refractivity contribution < 1.29 is 14.3 Å². The van der Waals surface area contributed by atoms with Crippen LogP contribution in [0.25, 0.3) is 0 Å². The van der Waals surface area contributed by atoms with Crippen LogP contribution in [-0.4, -0.2) is 19.2 Å². The van der Waals surface area contributed by atoms with Crippen molar-refractivity contribution in [2.45, 2.75) is 46.0 Å². The molecule has 0 amide bonds. The van der Waals surface area contributed by atoms with E-state index in [2.05, 4.69) is 32.9 Å². The van der Waals surface area contributed by atoms with E-state index in [9.17, 15) is 4.79 Å². The van der Waals surface area contributed by atoms with Crippen molar-refractivity contribution in [2.24, 2.45) is 0 Å². The Hall–Kier alpha value is -1.38. The highest BCUT2D eigenvalue weighted by Crippen LogP contribution is 2.42. The van der Waals surface area contributed by atoms with Crippen molar-refractivity contribution >= 4 is 25.5 Å². The highest BCUT2D eigenvalue weighted by Gasteiger charge is 2.27. The summed E-state index contributed by atoms with van der Waals surface area (Å²) in [4.78, 5) is 11.9. The predicted octanol–water partition coefficient (Wildman–Crippen LogP) is 6.01. The van der Waals surface area contributed by atoms with Crippen molar-refractivity contribution in [3.8, 4) is 5.75 Å². The van der Waals surface area contributed by atoms with E-state index < -0.39 is 0 Å². The van der Waals surface area contributed by atoms with Crippen LogP contribution in [0.4, 0.5) is 0 Å². The summed E-state index contributed by atoms with van der Waals surface area (Å²) in [6.07, 6.45) is 2.21. The molecule has 5 heteroatoms. The van der Waals surface area contributed by atoms with Gasteiger partial charge in [-0.2, -0.15) is 0 Å². The Kier molecular flexibility index (Phi) is 6.82. The largest absolute Gasteiger partial charge is 0.494 e. The molecular formula is C19H25O3PS. The first-order valence-electron chi connectivity index (χ1n) is 8.35. The Balaban J connectivity index is 2.13. The standard InChI is InChI=1S/C19H25O3PS/c1-5-7-12-22-15-10-8-14(9-11-15)19(3,4)18-23-16(13-24-18)17(20)21-6-2/h8-11,13H,5-7,12H2,1-4H3. The van der Waals surface area contributed by atoms with Gasteiger partial charge in [0.05, 0.1) is 18.5 Å². The fourth-order valence-electron chi connectivity index (χ4n) is 2.29. The predicted molar refractivity (Wildman–Crippen MR) is 102 cm³/mol. The minimum atomic E-state index is -0.211. The third-order valence-corrected chi connectivity index (χ3v) is 7.03. The molecule has 1 aromatic carbocycles. The van der Waals surface area contributed by atoms with Crippen molar-refractivity contribution in [3.63, 3.8) is 0 Å². The maximum absolute atomic E-state index is 11.9. The maximum Gasteiger partial charge on any atom is 0.343 e. The van der Waals surface area contributed by atoms with Gasteiger partial charge in [-0.05, 0) is 39.2 Å². The molecule has 130 valence electrons. The molecule has 2 aromatic rings. The van der Waals surface area contributed by atoms with E-state index in [1.54, 1.807) is 11.3 Å². The second-order valence-electron chi connectivity index (χ2n) is 6.11. The lowest BCUT2D eigenvalue weighted by molar-refractivity contribution is 0.0532. The lowest BCUT2D eigenvalue weighted by atomic mass is 9.87. The summed E-state index contributed by atoms with van der Waals surface area (Å²) >= 11 is 1.64. The molecule has 2 rings (SSSR count). The van der Waals surface area contributed by atoms with Gasteiger partial charge in [0.1, 0.15) is 5.75 Å². The van der Waals surface area contributed by atoms with Crippen LogP contribution in [0.5, 0.6) is 5.75 Å². The molecule has 0 saturated carbocycles. The zero-order chi connectivity index (χ0) is 17.6. The van der Waals surface area contributed by atoms with Gasteiger partial charge in [0.2, 0.25) is 0 Å². The molecule has 0 aliphatic carbocycles. The molecule has 1 aromatic heterocycles. The van der Waals surface area contributed by atoms with Gasteiger partial charge in [-0.3, -0.25) is 0 Å². The van der Waals surface area contributed by atoms with Crippen LogP contribution in [0.1, 0.15) is 60.8 Å². The summed E-state index contributed by atoms with van der Waals surface area (Å²) < 4.78 is 12.1. The van der Waals surface area contributed by atoms with Crippen molar-refractivity contribution in [1.82, 2.24) is 0 Å². The number of benzene rings is 1. The van der Waals surface area contributed by atoms with E-state index in [4.69, 9.17) is 9.47 Å². The van der Waals surface area contributed by atoms with Crippen LogP contribution < -0.4 is 4.74 Å². The number of hydrogen-bond donors (Lipinski definition) is 0. The van der Waals surface area contributed by atoms with Gasteiger partial charge >= 0.3 is 5.97 Å². The molecule has 0 spiro atoms. The van der Waals surface area contributed by atoms with Crippen LogP contribution in [0.2, 0.25) is 0 Å². The third kappa shape index (κ3) is 4.58. The average molecular weight is 364 g/mol. The minimum Gasteiger partial charge on any atom is -0.494 e. The summed E-state index contributed by atoms with van der Waals surface area (Å²) in [5, 5.41) is 2.64. The molecule has 0 N–H and O–H groups in total. The van der Waals surface area contributed by atoms with E-state index >= 15 is 0 Å². The summed E-state index contributed by atoms with van der Waals surface area (Å²) in [5.74, 6) is 0.701. The second-order valence-corrected chi connectivity index (χ2v) is 8.44. The summed E-state index contributed by atoms with van der Waals surface area (Å²) in [7, 11) is 0.953. The lowest BCUT2D eigenvalue weighted by Gasteiger charge is -2.23. The molecule has 24 heavy (non-hydrogen) atoms. The van der Waals surface area contributed by atoms with Crippen LogP contribution in [0.3, 0.4) is 0 Å². The Labute approximate surface area is 150 Å². The quantitative estimate of drug-likeness (QED) is 0.425. The van der Waals surface area contributed by atoms with Gasteiger partial charge in [-0.25, -0.2) is 4.79 Å². The molecule has 0 radical (unpaired) electrons. The second kappa shape index (κ2) is 8.64.